The summed E-state index contributed by atoms with van der Waals surface area (Å²) >= 11 is 0. The number of rotatable bonds is 7. The fraction of sp³-hybridized carbons (Fsp3) is 0.231. The van der Waals surface area contributed by atoms with Crippen molar-refractivity contribution in [3.8, 4) is 0 Å². The second-order valence-corrected chi connectivity index (χ2v) is 4.31. The van der Waals surface area contributed by atoms with Gasteiger partial charge in [-0.1, -0.05) is 0 Å². The molecule has 0 heterocycles. The summed E-state index contributed by atoms with van der Waals surface area (Å²) in [6.45, 7) is 0. The van der Waals surface area contributed by atoms with E-state index in [1.807, 2.05) is 0 Å². The summed E-state index contributed by atoms with van der Waals surface area (Å²) < 4.78 is 0. The molecule has 3 amide bonds. The van der Waals surface area contributed by atoms with Crippen molar-refractivity contribution in [2.75, 3.05) is 0 Å². The van der Waals surface area contributed by atoms with Gasteiger partial charge in [-0.15, -0.1) is 0 Å². The van der Waals surface area contributed by atoms with Gasteiger partial charge in [0.2, 0.25) is 11.8 Å². The number of benzene rings is 1. The minimum Gasteiger partial charge on any atom is -0.480 e. The van der Waals surface area contributed by atoms with Crippen LogP contribution in [0.1, 0.15) is 33.6 Å². The Bertz CT molecular complexity index is 568. The molecule has 0 unspecified atom stereocenters. The van der Waals surface area contributed by atoms with Crippen LogP contribution in [0.25, 0.3) is 0 Å². The predicted molar refractivity (Wildman–Crippen MR) is 72.3 cm³/mol. The Morgan fingerprint density at radius 1 is 1.05 bits per heavy atom. The molecule has 0 fully saturated rings. The molecular formula is C13H15N3O5. The van der Waals surface area contributed by atoms with Gasteiger partial charge in [0.05, 0.1) is 0 Å². The van der Waals surface area contributed by atoms with Gasteiger partial charge in [0, 0.05) is 17.5 Å². The Hall–Kier alpha value is -2.90. The minimum absolute atomic E-state index is 0.101. The van der Waals surface area contributed by atoms with Crippen LogP contribution in [0.15, 0.2) is 24.3 Å². The van der Waals surface area contributed by atoms with Gasteiger partial charge < -0.3 is 21.9 Å². The highest BCUT2D eigenvalue weighted by molar-refractivity contribution is 5.98. The summed E-state index contributed by atoms with van der Waals surface area (Å²) in [5.74, 6) is -3.19. The molecule has 0 saturated heterocycles. The Morgan fingerprint density at radius 3 is 2.00 bits per heavy atom. The predicted octanol–water partition coefficient (Wildman–Crippen LogP) is -0.766. The van der Waals surface area contributed by atoms with Crippen molar-refractivity contribution >= 4 is 23.7 Å². The van der Waals surface area contributed by atoms with Crippen LogP contribution in [0.4, 0.5) is 0 Å². The van der Waals surface area contributed by atoms with E-state index in [0.717, 1.165) is 0 Å². The fourth-order valence-corrected chi connectivity index (χ4v) is 1.57. The maximum Gasteiger partial charge on any atom is 0.326 e. The highest BCUT2D eigenvalue weighted by Crippen LogP contribution is 2.06. The molecule has 0 bridgehead atoms. The molecule has 0 aliphatic heterocycles. The average Bonchev–Trinajstić information content (AvgIpc) is 2.42. The maximum absolute atomic E-state index is 11.9. The molecule has 8 heteroatoms. The second-order valence-electron chi connectivity index (χ2n) is 4.31. The van der Waals surface area contributed by atoms with E-state index >= 15 is 0 Å². The second kappa shape index (κ2) is 7.04. The van der Waals surface area contributed by atoms with Crippen molar-refractivity contribution in [2.24, 2.45) is 11.5 Å². The summed E-state index contributed by atoms with van der Waals surface area (Å²) in [5, 5.41) is 11.2. The molecule has 0 radical (unpaired) electrons. The first kappa shape index (κ1) is 16.2. The lowest BCUT2D eigenvalue weighted by Gasteiger charge is -2.13. The van der Waals surface area contributed by atoms with Crippen LogP contribution in [0.2, 0.25) is 0 Å². The largest absolute Gasteiger partial charge is 0.480 e. The van der Waals surface area contributed by atoms with Gasteiger partial charge in [-0.2, -0.15) is 0 Å². The van der Waals surface area contributed by atoms with Crippen LogP contribution in [0, 0.1) is 0 Å². The monoisotopic (exact) mass is 293 g/mol. The molecule has 0 spiro atoms. The maximum atomic E-state index is 11.9. The topological polar surface area (TPSA) is 153 Å². The third kappa shape index (κ3) is 4.94. The number of amides is 3. The Kier molecular flexibility index (Phi) is 5.41. The lowest BCUT2D eigenvalue weighted by atomic mass is 10.1. The SMILES string of the molecule is NC(=O)CC[C@@H](NC(=O)c1ccc(C(N)=O)cc1)C(=O)O. The van der Waals surface area contributed by atoms with Crippen molar-refractivity contribution in [1.29, 1.82) is 0 Å². The standard InChI is InChI=1S/C13H15N3O5/c14-10(17)6-5-9(13(20)21)16-12(19)8-3-1-7(2-4-8)11(15)18/h1-4,9H,5-6H2,(H2,14,17)(H2,15,18)(H,16,19)(H,20,21)/t9-/m1/s1. The zero-order valence-electron chi connectivity index (χ0n) is 11.0. The Labute approximate surface area is 120 Å². The lowest BCUT2D eigenvalue weighted by molar-refractivity contribution is -0.139. The summed E-state index contributed by atoms with van der Waals surface area (Å²) in [4.78, 5) is 44.4. The number of hydrogen-bond acceptors (Lipinski definition) is 4. The van der Waals surface area contributed by atoms with E-state index in [9.17, 15) is 19.2 Å². The summed E-state index contributed by atoms with van der Waals surface area (Å²) in [6, 6.07) is 4.19. The first-order valence-electron chi connectivity index (χ1n) is 6.03. The van der Waals surface area contributed by atoms with E-state index < -0.39 is 29.7 Å². The molecule has 112 valence electrons. The number of aliphatic carboxylic acids is 1. The lowest BCUT2D eigenvalue weighted by Crippen LogP contribution is -2.41. The van der Waals surface area contributed by atoms with Crippen molar-refractivity contribution < 1.29 is 24.3 Å². The smallest absolute Gasteiger partial charge is 0.326 e. The highest BCUT2D eigenvalue weighted by atomic mass is 16.4. The zero-order valence-corrected chi connectivity index (χ0v) is 11.0. The molecule has 0 aliphatic carbocycles. The molecule has 1 aromatic carbocycles. The first-order valence-corrected chi connectivity index (χ1v) is 6.03. The van der Waals surface area contributed by atoms with Crippen LogP contribution in [0.3, 0.4) is 0 Å². The number of nitrogens with two attached hydrogens (primary N) is 2. The molecule has 6 N–H and O–H groups in total. The average molecular weight is 293 g/mol. The van der Waals surface area contributed by atoms with E-state index in [1.54, 1.807) is 0 Å². The molecule has 0 aliphatic rings. The highest BCUT2D eigenvalue weighted by Gasteiger charge is 2.21. The zero-order chi connectivity index (χ0) is 16.0. The third-order valence-electron chi connectivity index (χ3n) is 2.71. The summed E-state index contributed by atoms with van der Waals surface area (Å²) in [5.41, 5.74) is 10.4. The van der Waals surface area contributed by atoms with Crippen LogP contribution < -0.4 is 16.8 Å². The van der Waals surface area contributed by atoms with Gasteiger partial charge in [0.25, 0.3) is 5.91 Å². The summed E-state index contributed by atoms with van der Waals surface area (Å²) in [7, 11) is 0. The van der Waals surface area contributed by atoms with Crippen molar-refractivity contribution in [1.82, 2.24) is 5.32 Å². The van der Waals surface area contributed by atoms with Crippen LogP contribution in [-0.2, 0) is 9.59 Å². The third-order valence-corrected chi connectivity index (χ3v) is 2.71. The van der Waals surface area contributed by atoms with E-state index in [0.29, 0.717) is 0 Å². The molecule has 1 atom stereocenters. The van der Waals surface area contributed by atoms with Gasteiger partial charge >= 0.3 is 5.97 Å². The van der Waals surface area contributed by atoms with Crippen molar-refractivity contribution in [2.45, 2.75) is 18.9 Å². The number of primary amides is 2. The molecule has 21 heavy (non-hydrogen) atoms. The quantitative estimate of drug-likeness (QED) is 0.520. The number of hydrogen-bond donors (Lipinski definition) is 4. The van der Waals surface area contributed by atoms with Crippen molar-refractivity contribution in [3.05, 3.63) is 35.4 Å². The van der Waals surface area contributed by atoms with Gasteiger partial charge in [0.15, 0.2) is 0 Å². The number of carboxylic acids is 1. The first-order chi connectivity index (χ1) is 9.81. The Morgan fingerprint density at radius 2 is 1.57 bits per heavy atom. The fourth-order valence-electron chi connectivity index (χ4n) is 1.57. The van der Waals surface area contributed by atoms with E-state index in [-0.39, 0.29) is 24.0 Å². The normalized spacial score (nSPS) is 11.4. The van der Waals surface area contributed by atoms with Crippen molar-refractivity contribution in [3.63, 3.8) is 0 Å². The number of nitrogens with one attached hydrogen (secondary N) is 1. The van der Waals surface area contributed by atoms with Crippen LogP contribution in [-0.4, -0.2) is 34.8 Å². The van der Waals surface area contributed by atoms with E-state index in [2.05, 4.69) is 5.32 Å². The number of carbonyl (C=O) groups excluding carboxylic acids is 3. The van der Waals surface area contributed by atoms with Gasteiger partial charge in [-0.05, 0) is 30.7 Å². The van der Waals surface area contributed by atoms with Crippen LogP contribution in [0.5, 0.6) is 0 Å². The molecular weight excluding hydrogens is 278 g/mol. The molecule has 0 aromatic heterocycles. The summed E-state index contributed by atoms with van der Waals surface area (Å²) in [6.07, 6.45) is -0.256. The van der Waals surface area contributed by atoms with Crippen LogP contribution >= 0.6 is 0 Å². The van der Waals surface area contributed by atoms with E-state index in [1.165, 1.54) is 24.3 Å². The van der Waals surface area contributed by atoms with Gasteiger partial charge in [-0.25, -0.2) is 4.79 Å². The molecule has 1 aromatic rings. The van der Waals surface area contributed by atoms with Gasteiger partial charge in [-0.3, -0.25) is 14.4 Å². The van der Waals surface area contributed by atoms with Gasteiger partial charge in [0.1, 0.15) is 6.04 Å². The number of carbonyl (C=O) groups is 4. The minimum atomic E-state index is -1.27. The molecule has 1 rings (SSSR count). The number of carboxylic acid groups (broad SMARTS) is 1. The molecule has 8 nitrogen and oxygen atoms in total. The molecule has 0 saturated carbocycles. The Balaban J connectivity index is 2.74. The van der Waals surface area contributed by atoms with E-state index in [4.69, 9.17) is 16.6 Å².